The molecule has 1 atom stereocenters. The molecule has 0 aliphatic carbocycles. The first-order valence-corrected chi connectivity index (χ1v) is 9.90. The second kappa shape index (κ2) is 9.32. The standard InChI is InChI=1S/C21H21N5O4.ClH/c27-20(16-6-14(9-23-10-16)5-13-3-4-22-8-13)24-11-19-25-21(30-26-19)15-1-2-17-18(7-15)29-12-28-17;/h1-2,6-7,9-10,13,22H,3-5,8,11-12H2,(H,24,27);1H. The molecule has 2 aliphatic rings. The van der Waals surface area contributed by atoms with Crippen LogP contribution in [0.5, 0.6) is 11.5 Å². The molecule has 5 rings (SSSR count). The second-order valence-corrected chi connectivity index (χ2v) is 7.41. The highest BCUT2D eigenvalue weighted by Crippen LogP contribution is 2.35. The second-order valence-electron chi connectivity index (χ2n) is 7.41. The van der Waals surface area contributed by atoms with E-state index in [9.17, 15) is 4.79 Å². The number of amides is 1. The van der Waals surface area contributed by atoms with Gasteiger partial charge < -0.3 is 24.6 Å². The summed E-state index contributed by atoms with van der Waals surface area (Å²) in [5.74, 6) is 2.44. The van der Waals surface area contributed by atoms with Gasteiger partial charge in [-0.1, -0.05) is 5.16 Å². The van der Waals surface area contributed by atoms with E-state index in [4.69, 9.17) is 14.0 Å². The van der Waals surface area contributed by atoms with Gasteiger partial charge in [-0.15, -0.1) is 12.4 Å². The summed E-state index contributed by atoms with van der Waals surface area (Å²) in [6.45, 7) is 2.42. The molecular weight excluding hydrogens is 422 g/mol. The Hall–Kier alpha value is -3.17. The monoisotopic (exact) mass is 443 g/mol. The van der Waals surface area contributed by atoms with Crippen LogP contribution in [0.4, 0.5) is 0 Å². The third-order valence-corrected chi connectivity index (χ3v) is 5.24. The van der Waals surface area contributed by atoms with Crippen molar-refractivity contribution in [3.8, 4) is 23.0 Å². The number of pyridine rings is 1. The highest BCUT2D eigenvalue weighted by Gasteiger charge is 2.18. The van der Waals surface area contributed by atoms with E-state index in [1.807, 2.05) is 18.3 Å². The lowest BCUT2D eigenvalue weighted by Crippen LogP contribution is -2.23. The highest BCUT2D eigenvalue weighted by molar-refractivity contribution is 5.93. The van der Waals surface area contributed by atoms with E-state index in [0.717, 1.165) is 37.1 Å². The third kappa shape index (κ3) is 4.78. The number of hydrogen-bond acceptors (Lipinski definition) is 8. The van der Waals surface area contributed by atoms with Gasteiger partial charge in [0.05, 0.1) is 12.1 Å². The Morgan fingerprint density at radius 2 is 2.10 bits per heavy atom. The minimum Gasteiger partial charge on any atom is -0.454 e. The van der Waals surface area contributed by atoms with E-state index in [2.05, 4.69) is 25.8 Å². The summed E-state index contributed by atoms with van der Waals surface area (Å²) in [4.78, 5) is 21.1. The molecule has 2 N–H and O–H groups in total. The molecule has 2 aromatic heterocycles. The van der Waals surface area contributed by atoms with Gasteiger partial charge in [0, 0.05) is 18.0 Å². The predicted octanol–water partition coefficient (Wildman–Crippen LogP) is 2.36. The molecule has 0 spiro atoms. The topological polar surface area (TPSA) is 111 Å². The van der Waals surface area contributed by atoms with Crippen LogP contribution in [0.2, 0.25) is 0 Å². The highest BCUT2D eigenvalue weighted by atomic mass is 35.5. The summed E-state index contributed by atoms with van der Waals surface area (Å²) in [7, 11) is 0. The number of nitrogens with one attached hydrogen (secondary N) is 2. The average molecular weight is 444 g/mol. The molecule has 10 heteroatoms. The number of aromatic nitrogens is 3. The van der Waals surface area contributed by atoms with Crippen molar-refractivity contribution < 1.29 is 18.8 Å². The maximum absolute atomic E-state index is 12.5. The number of fused-ring (bicyclic) bond motifs is 1. The van der Waals surface area contributed by atoms with E-state index < -0.39 is 0 Å². The van der Waals surface area contributed by atoms with Crippen LogP contribution in [-0.4, -0.2) is 40.9 Å². The minimum absolute atomic E-state index is 0. The number of ether oxygens (including phenoxy) is 2. The maximum Gasteiger partial charge on any atom is 0.258 e. The fourth-order valence-corrected chi connectivity index (χ4v) is 3.68. The lowest BCUT2D eigenvalue weighted by Gasteiger charge is -2.09. The van der Waals surface area contributed by atoms with Gasteiger partial charge in [-0.25, -0.2) is 0 Å². The zero-order valence-corrected chi connectivity index (χ0v) is 17.5. The van der Waals surface area contributed by atoms with Gasteiger partial charge in [0.2, 0.25) is 6.79 Å². The van der Waals surface area contributed by atoms with Gasteiger partial charge in [-0.05, 0) is 61.7 Å². The first kappa shape index (κ1) is 21.1. The number of nitrogens with zero attached hydrogens (tertiary/aromatic N) is 3. The summed E-state index contributed by atoms with van der Waals surface area (Å²) >= 11 is 0. The molecule has 1 fully saturated rings. The van der Waals surface area contributed by atoms with Crippen molar-refractivity contribution in [3.05, 3.63) is 53.6 Å². The Bertz CT molecular complexity index is 1070. The Balaban J connectivity index is 0.00000231. The van der Waals surface area contributed by atoms with E-state index in [0.29, 0.717) is 34.7 Å². The number of benzene rings is 1. The largest absolute Gasteiger partial charge is 0.454 e. The van der Waals surface area contributed by atoms with E-state index in [-0.39, 0.29) is 31.7 Å². The Kier molecular flexibility index (Phi) is 6.34. The van der Waals surface area contributed by atoms with Crippen LogP contribution in [0.1, 0.15) is 28.2 Å². The minimum atomic E-state index is -0.219. The van der Waals surface area contributed by atoms with E-state index in [1.165, 1.54) is 0 Å². The van der Waals surface area contributed by atoms with Crippen molar-refractivity contribution in [2.24, 2.45) is 5.92 Å². The van der Waals surface area contributed by atoms with Crippen LogP contribution < -0.4 is 20.1 Å². The first-order valence-electron chi connectivity index (χ1n) is 9.90. The van der Waals surface area contributed by atoms with Crippen LogP contribution in [0, 0.1) is 5.92 Å². The maximum atomic E-state index is 12.5. The van der Waals surface area contributed by atoms with Gasteiger partial charge in [-0.3, -0.25) is 9.78 Å². The predicted molar refractivity (Wildman–Crippen MR) is 113 cm³/mol. The molecule has 4 heterocycles. The molecule has 1 aromatic carbocycles. The SMILES string of the molecule is Cl.O=C(NCc1noc(-c2ccc3c(c2)OCO3)n1)c1cncc(CC2CCNC2)c1. The molecule has 31 heavy (non-hydrogen) atoms. The molecule has 1 amide bonds. The zero-order chi connectivity index (χ0) is 20.3. The first-order chi connectivity index (χ1) is 14.7. The van der Waals surface area contributed by atoms with Crippen LogP contribution in [0.25, 0.3) is 11.5 Å². The van der Waals surface area contributed by atoms with Crippen LogP contribution in [0.15, 0.2) is 41.2 Å². The Morgan fingerprint density at radius 1 is 1.19 bits per heavy atom. The molecule has 0 saturated carbocycles. The molecule has 9 nitrogen and oxygen atoms in total. The quantitative estimate of drug-likeness (QED) is 0.597. The lowest BCUT2D eigenvalue weighted by atomic mass is 9.99. The van der Waals surface area contributed by atoms with Gasteiger partial charge in [-0.2, -0.15) is 4.98 Å². The van der Waals surface area contributed by atoms with Crippen molar-refractivity contribution in [1.82, 2.24) is 25.8 Å². The fraction of sp³-hybridized carbons (Fsp3) is 0.333. The zero-order valence-electron chi connectivity index (χ0n) is 16.7. The number of rotatable bonds is 6. The summed E-state index contributed by atoms with van der Waals surface area (Å²) in [6, 6.07) is 7.30. The normalized spacial score (nSPS) is 16.7. The van der Waals surface area contributed by atoms with Crippen molar-refractivity contribution in [1.29, 1.82) is 0 Å². The van der Waals surface area contributed by atoms with Gasteiger partial charge in [0.15, 0.2) is 17.3 Å². The molecule has 2 aliphatic heterocycles. The Morgan fingerprint density at radius 3 is 2.97 bits per heavy atom. The molecule has 0 radical (unpaired) electrons. The van der Waals surface area contributed by atoms with Crippen molar-refractivity contribution in [2.75, 3.05) is 19.9 Å². The van der Waals surface area contributed by atoms with Crippen molar-refractivity contribution in [3.63, 3.8) is 0 Å². The summed E-state index contributed by atoms with van der Waals surface area (Å²) in [5.41, 5.74) is 2.32. The molecule has 1 saturated heterocycles. The summed E-state index contributed by atoms with van der Waals surface area (Å²) < 4.78 is 16.0. The van der Waals surface area contributed by atoms with Gasteiger partial charge >= 0.3 is 0 Å². The number of carbonyl (C=O) groups excluding carboxylic acids is 1. The average Bonchev–Trinajstić information content (AvgIpc) is 3.53. The number of hydrogen-bond donors (Lipinski definition) is 2. The molecular formula is C21H22ClN5O4. The lowest BCUT2D eigenvalue weighted by molar-refractivity contribution is 0.0949. The molecule has 1 unspecified atom stereocenters. The fourth-order valence-electron chi connectivity index (χ4n) is 3.68. The molecule has 162 valence electrons. The van der Waals surface area contributed by atoms with Crippen LogP contribution in [-0.2, 0) is 13.0 Å². The summed E-state index contributed by atoms with van der Waals surface area (Å²) in [6.07, 6.45) is 5.47. The van der Waals surface area contributed by atoms with E-state index in [1.54, 1.807) is 18.3 Å². The van der Waals surface area contributed by atoms with Crippen LogP contribution in [0.3, 0.4) is 0 Å². The van der Waals surface area contributed by atoms with Crippen molar-refractivity contribution in [2.45, 2.75) is 19.4 Å². The van der Waals surface area contributed by atoms with Gasteiger partial charge in [0.1, 0.15) is 0 Å². The molecule has 0 bridgehead atoms. The molecule has 3 aromatic rings. The smallest absolute Gasteiger partial charge is 0.258 e. The third-order valence-electron chi connectivity index (χ3n) is 5.24. The number of halogens is 1. The summed E-state index contributed by atoms with van der Waals surface area (Å²) in [5, 5.41) is 10.1. The van der Waals surface area contributed by atoms with Crippen molar-refractivity contribution >= 4 is 18.3 Å². The van der Waals surface area contributed by atoms with Crippen LogP contribution >= 0.6 is 12.4 Å². The van der Waals surface area contributed by atoms with E-state index >= 15 is 0 Å². The number of carbonyl (C=O) groups is 1. The Labute approximate surface area is 184 Å². The van der Waals surface area contributed by atoms with Gasteiger partial charge in [0.25, 0.3) is 11.8 Å².